The van der Waals surface area contributed by atoms with E-state index in [0.717, 1.165) is 0 Å². The van der Waals surface area contributed by atoms with Crippen LogP contribution in [0, 0.1) is 5.82 Å². The van der Waals surface area contributed by atoms with E-state index in [1.807, 2.05) is 0 Å². The first-order valence-corrected chi connectivity index (χ1v) is 7.47. The summed E-state index contributed by atoms with van der Waals surface area (Å²) in [7, 11) is 3.01. The summed E-state index contributed by atoms with van der Waals surface area (Å²) in [6, 6.07) is 9.16. The quantitative estimate of drug-likeness (QED) is 0.477. The zero-order chi connectivity index (χ0) is 17.4. The zero-order valence-electron chi connectivity index (χ0n) is 12.9. The van der Waals surface area contributed by atoms with Gasteiger partial charge in [0, 0.05) is 19.7 Å². The number of carbonyl (C=O) groups excluding carboxylic acids is 2. The highest BCUT2D eigenvalue weighted by Crippen LogP contribution is 2.25. The largest absolute Gasteiger partial charge is 0.457 e. The summed E-state index contributed by atoms with van der Waals surface area (Å²) in [4.78, 5) is 27.0. The van der Waals surface area contributed by atoms with E-state index in [1.54, 1.807) is 24.3 Å². The van der Waals surface area contributed by atoms with Gasteiger partial charge in [-0.2, -0.15) is 0 Å². The SMILES string of the molecule is CN1C(=O)C(=Cc2ccc(-c3ccc(F)cc3)o2)C(=O)N(C)C1=S. The van der Waals surface area contributed by atoms with Crippen LogP contribution < -0.4 is 0 Å². The second-order valence-corrected chi connectivity index (χ2v) is 5.64. The van der Waals surface area contributed by atoms with Crippen LogP contribution in [0.5, 0.6) is 0 Å². The van der Waals surface area contributed by atoms with Crippen LogP contribution in [-0.4, -0.2) is 40.8 Å². The third-order valence-corrected chi connectivity index (χ3v) is 4.23. The molecule has 0 unspecified atom stereocenters. The standard InChI is InChI=1S/C17H13FN2O3S/c1-19-15(21)13(16(22)20(2)17(19)24)9-12-7-8-14(23-12)10-3-5-11(18)6-4-10/h3-9H,1-2H3. The fourth-order valence-corrected chi connectivity index (χ4v) is 2.48. The van der Waals surface area contributed by atoms with Crippen LogP contribution in [0.2, 0.25) is 0 Å². The summed E-state index contributed by atoms with van der Waals surface area (Å²) in [5.74, 6) is -0.450. The Labute approximate surface area is 143 Å². The van der Waals surface area contributed by atoms with Crippen molar-refractivity contribution < 1.29 is 18.4 Å². The Morgan fingerprint density at radius 3 is 2.17 bits per heavy atom. The number of rotatable bonds is 2. The smallest absolute Gasteiger partial charge is 0.265 e. The average molecular weight is 344 g/mol. The monoisotopic (exact) mass is 344 g/mol. The Bertz CT molecular complexity index is 844. The molecule has 0 saturated carbocycles. The molecule has 2 aromatic rings. The Kier molecular flexibility index (Phi) is 4.02. The van der Waals surface area contributed by atoms with Gasteiger partial charge in [0.05, 0.1) is 0 Å². The van der Waals surface area contributed by atoms with Crippen molar-refractivity contribution in [1.29, 1.82) is 0 Å². The molecule has 122 valence electrons. The lowest BCUT2D eigenvalue weighted by atomic mass is 10.1. The van der Waals surface area contributed by atoms with E-state index in [4.69, 9.17) is 16.6 Å². The van der Waals surface area contributed by atoms with Crippen LogP contribution in [0.1, 0.15) is 5.76 Å². The van der Waals surface area contributed by atoms with Crippen molar-refractivity contribution in [3.8, 4) is 11.3 Å². The normalized spacial score (nSPS) is 15.3. The van der Waals surface area contributed by atoms with E-state index in [1.165, 1.54) is 42.1 Å². The molecule has 0 spiro atoms. The van der Waals surface area contributed by atoms with Crippen molar-refractivity contribution in [2.24, 2.45) is 0 Å². The minimum Gasteiger partial charge on any atom is -0.457 e. The van der Waals surface area contributed by atoms with Crippen molar-refractivity contribution in [1.82, 2.24) is 9.80 Å². The summed E-state index contributed by atoms with van der Waals surface area (Å²) in [6.07, 6.45) is 1.38. The first kappa shape index (κ1) is 16.1. The number of likely N-dealkylation sites (N-methyl/N-ethyl adjacent to an activating group) is 2. The fourth-order valence-electron chi connectivity index (χ4n) is 2.32. The van der Waals surface area contributed by atoms with E-state index in [9.17, 15) is 14.0 Å². The number of carbonyl (C=O) groups is 2. The molecule has 3 rings (SSSR count). The molecule has 24 heavy (non-hydrogen) atoms. The summed E-state index contributed by atoms with van der Waals surface area (Å²) in [6.45, 7) is 0. The van der Waals surface area contributed by atoms with Gasteiger partial charge in [0.15, 0.2) is 5.11 Å². The Morgan fingerprint density at radius 1 is 1.00 bits per heavy atom. The summed E-state index contributed by atoms with van der Waals surface area (Å²) >= 11 is 5.03. The van der Waals surface area contributed by atoms with Crippen LogP contribution in [0.3, 0.4) is 0 Å². The maximum absolute atomic E-state index is 13.0. The fraction of sp³-hybridized carbons (Fsp3) is 0.118. The molecule has 2 heterocycles. The highest BCUT2D eigenvalue weighted by molar-refractivity contribution is 7.80. The molecule has 0 radical (unpaired) electrons. The molecular formula is C17H13FN2O3S. The molecule has 2 amide bonds. The first-order valence-electron chi connectivity index (χ1n) is 7.06. The Balaban J connectivity index is 1.94. The number of nitrogens with zero attached hydrogens (tertiary/aromatic N) is 2. The predicted octanol–water partition coefficient (Wildman–Crippen LogP) is 2.68. The van der Waals surface area contributed by atoms with Gasteiger partial charge in [0.25, 0.3) is 11.8 Å². The lowest BCUT2D eigenvalue weighted by Gasteiger charge is -2.31. The molecule has 1 saturated heterocycles. The molecule has 0 bridgehead atoms. The topological polar surface area (TPSA) is 53.8 Å². The second-order valence-electron chi connectivity index (χ2n) is 5.28. The van der Waals surface area contributed by atoms with Gasteiger partial charge >= 0.3 is 0 Å². The van der Waals surface area contributed by atoms with Crippen molar-refractivity contribution in [2.45, 2.75) is 0 Å². The van der Waals surface area contributed by atoms with Crippen molar-refractivity contribution in [3.05, 3.63) is 53.5 Å². The molecule has 0 aliphatic carbocycles. The van der Waals surface area contributed by atoms with Gasteiger partial charge in [-0.25, -0.2) is 4.39 Å². The molecule has 0 atom stereocenters. The molecule has 1 aromatic heterocycles. The molecule has 7 heteroatoms. The highest BCUT2D eigenvalue weighted by Gasteiger charge is 2.35. The first-order chi connectivity index (χ1) is 11.4. The molecule has 5 nitrogen and oxygen atoms in total. The zero-order valence-corrected chi connectivity index (χ0v) is 13.8. The van der Waals surface area contributed by atoms with Gasteiger partial charge in [0.2, 0.25) is 0 Å². The number of halogens is 1. The van der Waals surface area contributed by atoms with Gasteiger partial charge < -0.3 is 4.42 Å². The van der Waals surface area contributed by atoms with Crippen LogP contribution in [0.15, 0.2) is 46.4 Å². The number of benzene rings is 1. The second kappa shape index (κ2) is 6.01. The van der Waals surface area contributed by atoms with Crippen LogP contribution in [0.25, 0.3) is 17.4 Å². The van der Waals surface area contributed by atoms with Crippen LogP contribution in [-0.2, 0) is 9.59 Å². The molecule has 1 aliphatic heterocycles. The van der Waals surface area contributed by atoms with Crippen molar-refractivity contribution >= 4 is 35.2 Å². The lowest BCUT2D eigenvalue weighted by Crippen LogP contribution is -2.52. The Morgan fingerprint density at radius 2 is 1.58 bits per heavy atom. The molecule has 1 aliphatic rings. The summed E-state index contributed by atoms with van der Waals surface area (Å²) in [5, 5.41) is 0.147. The summed E-state index contributed by atoms with van der Waals surface area (Å²) in [5.41, 5.74) is 0.659. The maximum Gasteiger partial charge on any atom is 0.265 e. The number of furan rings is 1. The molecule has 1 aromatic carbocycles. The van der Waals surface area contributed by atoms with Gasteiger partial charge in [0.1, 0.15) is 22.9 Å². The van der Waals surface area contributed by atoms with Crippen molar-refractivity contribution in [3.63, 3.8) is 0 Å². The van der Waals surface area contributed by atoms with E-state index < -0.39 is 11.8 Å². The van der Waals surface area contributed by atoms with E-state index in [0.29, 0.717) is 17.1 Å². The van der Waals surface area contributed by atoms with Gasteiger partial charge in [-0.3, -0.25) is 19.4 Å². The van der Waals surface area contributed by atoms with Crippen LogP contribution in [0.4, 0.5) is 4.39 Å². The number of thiocarbonyl (C=S) groups is 1. The number of hydrogen-bond donors (Lipinski definition) is 0. The summed E-state index contributed by atoms with van der Waals surface area (Å²) < 4.78 is 18.6. The highest BCUT2D eigenvalue weighted by atomic mass is 32.1. The van der Waals surface area contributed by atoms with E-state index in [-0.39, 0.29) is 16.5 Å². The predicted molar refractivity (Wildman–Crippen MR) is 90.2 cm³/mol. The Hall–Kier alpha value is -2.80. The van der Waals surface area contributed by atoms with Gasteiger partial charge in [-0.1, -0.05) is 0 Å². The third kappa shape index (κ3) is 2.74. The lowest BCUT2D eigenvalue weighted by molar-refractivity contribution is -0.132. The van der Waals surface area contributed by atoms with E-state index >= 15 is 0 Å². The average Bonchev–Trinajstić information content (AvgIpc) is 3.04. The van der Waals surface area contributed by atoms with Crippen LogP contribution >= 0.6 is 12.2 Å². The van der Waals surface area contributed by atoms with Crippen molar-refractivity contribution in [2.75, 3.05) is 14.1 Å². The molecule has 1 fully saturated rings. The number of amides is 2. The minimum absolute atomic E-state index is 0.0337. The number of hydrogen-bond acceptors (Lipinski definition) is 4. The minimum atomic E-state index is -0.483. The van der Waals surface area contributed by atoms with E-state index in [2.05, 4.69) is 0 Å². The maximum atomic E-state index is 13.0. The van der Waals surface area contributed by atoms with Gasteiger partial charge in [-0.15, -0.1) is 0 Å². The molecule has 0 N–H and O–H groups in total. The van der Waals surface area contributed by atoms with Gasteiger partial charge in [-0.05, 0) is 54.7 Å². The molecular weight excluding hydrogens is 331 g/mol. The third-order valence-electron chi connectivity index (χ3n) is 3.69.